The Hall–Kier alpha value is -3.06. The van der Waals surface area contributed by atoms with Crippen molar-refractivity contribution < 1.29 is 9.18 Å². The molecule has 31 heavy (non-hydrogen) atoms. The van der Waals surface area contributed by atoms with Gasteiger partial charge < -0.3 is 5.32 Å². The maximum absolute atomic E-state index is 13.7. The van der Waals surface area contributed by atoms with Crippen molar-refractivity contribution in [2.75, 3.05) is 19.6 Å². The van der Waals surface area contributed by atoms with Crippen LogP contribution in [-0.2, 0) is 17.9 Å². The van der Waals surface area contributed by atoms with Crippen LogP contribution in [0.3, 0.4) is 0 Å². The highest BCUT2D eigenvalue weighted by molar-refractivity contribution is 5.78. The van der Waals surface area contributed by atoms with Crippen LogP contribution >= 0.6 is 0 Å². The molecule has 1 aromatic heterocycles. The minimum atomic E-state index is -0.219. The Labute approximate surface area is 182 Å². The van der Waals surface area contributed by atoms with Gasteiger partial charge in [-0.05, 0) is 37.8 Å². The number of nitrogens with one attached hydrogen (secondary N) is 1. The SMILES string of the molecule is Cc1nc(-c2ccccc2)n(CN2CCC(C(=O)NCCc3ccccc3F)CC2)n1. The van der Waals surface area contributed by atoms with E-state index in [0.717, 1.165) is 43.1 Å². The Morgan fingerprint density at radius 2 is 1.81 bits per heavy atom. The number of carbonyl (C=O) groups is 1. The number of rotatable bonds is 7. The number of aryl methyl sites for hydroxylation is 1. The molecule has 0 atom stereocenters. The number of hydrogen-bond donors (Lipinski definition) is 1. The number of benzene rings is 2. The molecule has 6 nitrogen and oxygen atoms in total. The molecule has 0 unspecified atom stereocenters. The number of piperidine rings is 1. The second-order valence-electron chi connectivity index (χ2n) is 8.01. The van der Waals surface area contributed by atoms with Crippen LogP contribution in [-0.4, -0.2) is 45.2 Å². The van der Waals surface area contributed by atoms with Gasteiger partial charge in [0.1, 0.15) is 11.6 Å². The van der Waals surface area contributed by atoms with Crippen LogP contribution in [0.15, 0.2) is 54.6 Å². The summed E-state index contributed by atoms with van der Waals surface area (Å²) in [6, 6.07) is 16.8. The molecule has 0 spiro atoms. The quantitative estimate of drug-likeness (QED) is 0.635. The van der Waals surface area contributed by atoms with Crippen LogP contribution in [0.4, 0.5) is 4.39 Å². The van der Waals surface area contributed by atoms with E-state index in [2.05, 4.69) is 20.3 Å². The van der Waals surface area contributed by atoms with Crippen LogP contribution in [0.25, 0.3) is 11.4 Å². The zero-order valence-corrected chi connectivity index (χ0v) is 17.8. The Morgan fingerprint density at radius 1 is 1.10 bits per heavy atom. The number of carbonyl (C=O) groups excluding carboxylic acids is 1. The average molecular weight is 422 g/mol. The first kappa shape index (κ1) is 21.2. The summed E-state index contributed by atoms with van der Waals surface area (Å²) in [4.78, 5) is 19.4. The van der Waals surface area contributed by atoms with Gasteiger partial charge in [-0.2, -0.15) is 5.10 Å². The predicted octanol–water partition coefficient (Wildman–Crippen LogP) is 3.42. The molecule has 1 aliphatic rings. The van der Waals surface area contributed by atoms with E-state index in [1.807, 2.05) is 48.0 Å². The number of nitrogens with zero attached hydrogens (tertiary/aromatic N) is 4. The summed E-state index contributed by atoms with van der Waals surface area (Å²) in [5, 5.41) is 7.54. The molecule has 2 aromatic carbocycles. The third-order valence-electron chi connectivity index (χ3n) is 5.75. The van der Waals surface area contributed by atoms with Gasteiger partial charge in [0.15, 0.2) is 5.82 Å². The highest BCUT2D eigenvalue weighted by Gasteiger charge is 2.25. The van der Waals surface area contributed by atoms with Gasteiger partial charge in [0.05, 0.1) is 6.67 Å². The smallest absolute Gasteiger partial charge is 0.223 e. The number of hydrogen-bond acceptors (Lipinski definition) is 4. The van der Waals surface area contributed by atoms with E-state index in [1.165, 1.54) is 6.07 Å². The van der Waals surface area contributed by atoms with Crippen LogP contribution in [0.2, 0.25) is 0 Å². The van der Waals surface area contributed by atoms with Crippen molar-refractivity contribution in [3.8, 4) is 11.4 Å². The molecule has 0 radical (unpaired) electrons. The Kier molecular flexibility index (Phi) is 6.72. The second kappa shape index (κ2) is 9.83. The molecule has 1 aliphatic heterocycles. The maximum Gasteiger partial charge on any atom is 0.223 e. The standard InChI is InChI=1S/C24H28FN5O/c1-18-27-23(20-8-3-2-4-9-20)30(28-18)17-29-15-12-21(13-16-29)24(31)26-14-11-19-7-5-6-10-22(19)25/h2-10,21H,11-17H2,1H3,(H,26,31). The molecule has 162 valence electrons. The molecule has 4 rings (SSSR count). The zero-order valence-electron chi connectivity index (χ0n) is 17.8. The molecule has 7 heteroatoms. The summed E-state index contributed by atoms with van der Waals surface area (Å²) >= 11 is 0. The predicted molar refractivity (Wildman–Crippen MR) is 118 cm³/mol. The van der Waals surface area contributed by atoms with Gasteiger partial charge in [-0.25, -0.2) is 14.1 Å². The Balaban J connectivity index is 1.27. The molecule has 0 bridgehead atoms. The summed E-state index contributed by atoms with van der Waals surface area (Å²) < 4.78 is 15.6. The summed E-state index contributed by atoms with van der Waals surface area (Å²) in [5.74, 6) is 1.47. The van der Waals surface area contributed by atoms with Gasteiger partial charge >= 0.3 is 0 Å². The Bertz CT molecular complexity index is 1010. The molecule has 1 saturated heterocycles. The van der Waals surface area contributed by atoms with Crippen LogP contribution in [0.1, 0.15) is 24.2 Å². The summed E-state index contributed by atoms with van der Waals surface area (Å²) in [5.41, 5.74) is 1.68. The van der Waals surface area contributed by atoms with Crippen LogP contribution in [0.5, 0.6) is 0 Å². The van der Waals surface area contributed by atoms with Gasteiger partial charge in [-0.15, -0.1) is 0 Å². The van der Waals surface area contributed by atoms with E-state index in [4.69, 9.17) is 0 Å². The molecule has 1 fully saturated rings. The minimum absolute atomic E-state index is 0.00273. The first-order chi connectivity index (χ1) is 15.1. The van der Waals surface area contributed by atoms with Crippen molar-refractivity contribution in [2.45, 2.75) is 32.9 Å². The molecular weight excluding hydrogens is 393 g/mol. The fourth-order valence-corrected chi connectivity index (χ4v) is 4.05. The molecule has 3 aromatic rings. The van der Waals surface area contributed by atoms with Crippen molar-refractivity contribution in [2.24, 2.45) is 5.92 Å². The Morgan fingerprint density at radius 3 is 2.55 bits per heavy atom. The lowest BCUT2D eigenvalue weighted by Gasteiger charge is -2.31. The maximum atomic E-state index is 13.7. The first-order valence-corrected chi connectivity index (χ1v) is 10.8. The number of aromatic nitrogens is 3. The normalized spacial score (nSPS) is 15.2. The summed E-state index contributed by atoms with van der Waals surface area (Å²) in [6.07, 6.45) is 2.12. The van der Waals surface area contributed by atoms with Gasteiger partial charge in [-0.1, -0.05) is 48.5 Å². The van der Waals surface area contributed by atoms with Crippen LogP contribution < -0.4 is 5.32 Å². The molecular formula is C24H28FN5O. The molecule has 1 N–H and O–H groups in total. The summed E-state index contributed by atoms with van der Waals surface area (Å²) in [7, 11) is 0. The number of likely N-dealkylation sites (tertiary alicyclic amines) is 1. The topological polar surface area (TPSA) is 63.1 Å². The van der Waals surface area contributed by atoms with Crippen molar-refractivity contribution in [3.05, 3.63) is 71.8 Å². The van der Waals surface area contributed by atoms with Gasteiger partial charge in [0.25, 0.3) is 0 Å². The summed E-state index contributed by atoms with van der Waals surface area (Å²) in [6.45, 7) is 4.68. The third-order valence-corrected chi connectivity index (χ3v) is 5.75. The second-order valence-corrected chi connectivity index (χ2v) is 8.01. The van der Waals surface area contributed by atoms with E-state index in [1.54, 1.807) is 12.1 Å². The monoisotopic (exact) mass is 421 g/mol. The number of amides is 1. The fourth-order valence-electron chi connectivity index (χ4n) is 4.05. The van der Waals surface area contributed by atoms with Gasteiger partial charge in [0, 0.05) is 31.1 Å². The average Bonchev–Trinajstić information content (AvgIpc) is 3.16. The third kappa shape index (κ3) is 5.35. The highest BCUT2D eigenvalue weighted by atomic mass is 19.1. The number of halogens is 1. The molecule has 1 amide bonds. The molecule has 0 aliphatic carbocycles. The van der Waals surface area contributed by atoms with E-state index < -0.39 is 0 Å². The molecule has 0 saturated carbocycles. The van der Waals surface area contributed by atoms with Gasteiger partial charge in [0.2, 0.25) is 5.91 Å². The lowest BCUT2D eigenvalue weighted by atomic mass is 9.96. The van der Waals surface area contributed by atoms with Crippen molar-refractivity contribution in [3.63, 3.8) is 0 Å². The van der Waals surface area contributed by atoms with Crippen LogP contribution in [0, 0.1) is 18.7 Å². The zero-order chi connectivity index (χ0) is 21.6. The fraction of sp³-hybridized carbons (Fsp3) is 0.375. The van der Waals surface area contributed by atoms with E-state index in [9.17, 15) is 9.18 Å². The lowest BCUT2D eigenvalue weighted by molar-refractivity contribution is -0.126. The molecule has 2 heterocycles. The van der Waals surface area contributed by atoms with E-state index >= 15 is 0 Å². The van der Waals surface area contributed by atoms with E-state index in [0.29, 0.717) is 25.2 Å². The largest absolute Gasteiger partial charge is 0.356 e. The van der Waals surface area contributed by atoms with Gasteiger partial charge in [-0.3, -0.25) is 9.69 Å². The lowest BCUT2D eigenvalue weighted by Crippen LogP contribution is -2.41. The van der Waals surface area contributed by atoms with E-state index in [-0.39, 0.29) is 17.6 Å². The first-order valence-electron chi connectivity index (χ1n) is 10.8. The van der Waals surface area contributed by atoms with Crippen molar-refractivity contribution >= 4 is 5.91 Å². The van der Waals surface area contributed by atoms with Crippen molar-refractivity contribution in [1.29, 1.82) is 0 Å². The van der Waals surface area contributed by atoms with Crippen molar-refractivity contribution in [1.82, 2.24) is 25.0 Å². The minimum Gasteiger partial charge on any atom is -0.356 e. The highest BCUT2D eigenvalue weighted by Crippen LogP contribution is 2.21.